The Bertz CT molecular complexity index is 612. The highest BCUT2D eigenvalue weighted by Crippen LogP contribution is 2.51. The number of fused-ring (bicyclic) bond motifs is 1. The topological polar surface area (TPSA) is 57.2 Å². The maximum Gasteiger partial charge on any atom is 0.203 e. The summed E-state index contributed by atoms with van der Waals surface area (Å²) in [4.78, 5) is 0. The molecule has 1 saturated heterocycles. The van der Waals surface area contributed by atoms with Crippen molar-refractivity contribution in [3.63, 3.8) is 0 Å². The Kier molecular flexibility index (Phi) is 5.16. The molecule has 3 rings (SSSR count). The van der Waals surface area contributed by atoms with Crippen LogP contribution in [-0.2, 0) is 4.74 Å². The fourth-order valence-corrected chi connectivity index (χ4v) is 4.54. The van der Waals surface area contributed by atoms with Crippen molar-refractivity contribution in [3.8, 4) is 17.2 Å². The van der Waals surface area contributed by atoms with Crippen LogP contribution in [-0.4, -0.2) is 38.1 Å². The van der Waals surface area contributed by atoms with Crippen molar-refractivity contribution < 1.29 is 24.1 Å². The summed E-state index contributed by atoms with van der Waals surface area (Å²) >= 11 is 0. The van der Waals surface area contributed by atoms with Gasteiger partial charge in [-0.25, -0.2) is 0 Å². The average molecular weight is 350 g/mol. The molecule has 25 heavy (non-hydrogen) atoms. The van der Waals surface area contributed by atoms with Crippen LogP contribution in [0.4, 0.5) is 0 Å². The lowest BCUT2D eigenvalue weighted by atomic mass is 9.68. The Morgan fingerprint density at radius 2 is 1.80 bits per heavy atom. The van der Waals surface area contributed by atoms with Gasteiger partial charge in [0.2, 0.25) is 5.75 Å². The first kappa shape index (κ1) is 18.3. The molecule has 1 aromatic carbocycles. The first-order chi connectivity index (χ1) is 11.9. The summed E-state index contributed by atoms with van der Waals surface area (Å²) in [6, 6.07) is 3.82. The molecule has 0 amide bonds. The quantitative estimate of drug-likeness (QED) is 0.897. The summed E-state index contributed by atoms with van der Waals surface area (Å²) in [6.07, 6.45) is 3.58. The number of hydrogen-bond donors (Lipinski definition) is 1. The fourth-order valence-electron chi connectivity index (χ4n) is 4.54. The average Bonchev–Trinajstić information content (AvgIpc) is 2.58. The van der Waals surface area contributed by atoms with Gasteiger partial charge in [-0.05, 0) is 37.8 Å². The molecule has 1 aliphatic heterocycles. The summed E-state index contributed by atoms with van der Waals surface area (Å²) < 4.78 is 22.9. The zero-order valence-electron chi connectivity index (χ0n) is 15.9. The van der Waals surface area contributed by atoms with Crippen molar-refractivity contribution in [1.29, 1.82) is 0 Å². The number of ether oxygens (including phenoxy) is 4. The third-order valence-corrected chi connectivity index (χ3v) is 5.87. The van der Waals surface area contributed by atoms with Crippen LogP contribution >= 0.6 is 0 Å². The number of benzene rings is 1. The number of hydrogen-bond acceptors (Lipinski definition) is 5. The summed E-state index contributed by atoms with van der Waals surface area (Å²) in [7, 11) is 4.82. The maximum absolute atomic E-state index is 11.1. The Balaban J connectivity index is 1.96. The second kappa shape index (κ2) is 7.04. The monoisotopic (exact) mass is 350 g/mol. The molecule has 1 aliphatic carbocycles. The molecule has 2 aliphatic rings. The number of methoxy groups -OCH3 is 3. The largest absolute Gasteiger partial charge is 0.493 e. The minimum Gasteiger partial charge on any atom is -0.493 e. The summed E-state index contributed by atoms with van der Waals surface area (Å²) in [6.45, 7) is 4.21. The van der Waals surface area contributed by atoms with E-state index in [1.807, 2.05) is 19.1 Å². The highest BCUT2D eigenvalue weighted by atomic mass is 16.5. The molecule has 0 radical (unpaired) electrons. The first-order valence-corrected chi connectivity index (χ1v) is 9.08. The predicted octanol–water partition coefficient (Wildman–Crippen LogP) is 3.73. The molecule has 1 aromatic rings. The number of rotatable bonds is 4. The van der Waals surface area contributed by atoms with Crippen LogP contribution in [0.2, 0.25) is 0 Å². The van der Waals surface area contributed by atoms with Gasteiger partial charge in [0.05, 0.1) is 39.1 Å². The summed E-state index contributed by atoms with van der Waals surface area (Å²) in [5, 5.41) is 11.1. The molecule has 1 unspecified atom stereocenters. The molecule has 0 spiro atoms. The van der Waals surface area contributed by atoms with Gasteiger partial charge in [0.15, 0.2) is 11.5 Å². The molecule has 2 fully saturated rings. The molecule has 5 heteroatoms. The van der Waals surface area contributed by atoms with E-state index in [2.05, 4.69) is 6.92 Å². The van der Waals surface area contributed by atoms with Crippen LogP contribution < -0.4 is 14.2 Å². The van der Waals surface area contributed by atoms with E-state index in [1.165, 1.54) is 0 Å². The first-order valence-electron chi connectivity index (χ1n) is 9.08. The predicted molar refractivity (Wildman–Crippen MR) is 95.5 cm³/mol. The second-order valence-electron chi connectivity index (χ2n) is 7.67. The Labute approximate surface area is 150 Å². The standard InChI is InChI=1S/C20H30O5/c1-12-6-8-14-16(10-12)25-17(11-20(14,2)21)13-7-9-15(22-3)19(24-5)18(13)23-4/h7,9,12,14,16-17,21H,6,8,10-11H2,1-5H3/t12-,14-,16-,17-,20?/m1/s1. The fraction of sp³-hybridized carbons (Fsp3) is 0.700. The van der Waals surface area contributed by atoms with Gasteiger partial charge in [0.1, 0.15) is 0 Å². The zero-order valence-corrected chi connectivity index (χ0v) is 15.9. The van der Waals surface area contributed by atoms with Crippen molar-refractivity contribution in [2.24, 2.45) is 11.8 Å². The van der Waals surface area contributed by atoms with E-state index in [9.17, 15) is 5.11 Å². The van der Waals surface area contributed by atoms with Crippen LogP contribution in [0.1, 0.15) is 51.2 Å². The molecule has 1 heterocycles. The Hall–Kier alpha value is -1.46. The van der Waals surface area contributed by atoms with E-state index < -0.39 is 5.60 Å². The van der Waals surface area contributed by atoms with Crippen LogP contribution in [0, 0.1) is 11.8 Å². The molecule has 0 aromatic heterocycles. The Morgan fingerprint density at radius 3 is 2.44 bits per heavy atom. The second-order valence-corrected chi connectivity index (χ2v) is 7.67. The van der Waals surface area contributed by atoms with Gasteiger partial charge in [-0.3, -0.25) is 0 Å². The molecule has 1 N–H and O–H groups in total. The van der Waals surface area contributed by atoms with Gasteiger partial charge in [0, 0.05) is 17.9 Å². The van der Waals surface area contributed by atoms with Gasteiger partial charge in [-0.15, -0.1) is 0 Å². The molecule has 5 atom stereocenters. The smallest absolute Gasteiger partial charge is 0.203 e. The van der Waals surface area contributed by atoms with E-state index in [0.29, 0.717) is 29.6 Å². The molecule has 0 bridgehead atoms. The zero-order chi connectivity index (χ0) is 18.2. The molecule has 5 nitrogen and oxygen atoms in total. The van der Waals surface area contributed by atoms with E-state index in [0.717, 1.165) is 24.8 Å². The van der Waals surface area contributed by atoms with Gasteiger partial charge >= 0.3 is 0 Å². The molecule has 1 saturated carbocycles. The van der Waals surface area contributed by atoms with Crippen molar-refractivity contribution in [2.75, 3.05) is 21.3 Å². The van der Waals surface area contributed by atoms with Gasteiger partial charge < -0.3 is 24.1 Å². The van der Waals surface area contributed by atoms with Crippen LogP contribution in [0.5, 0.6) is 17.2 Å². The minimum atomic E-state index is -0.744. The SMILES string of the molecule is COc1ccc([C@H]2CC(C)(O)[C@@H]3CC[C@@H](C)C[C@H]3O2)c(OC)c1OC. The van der Waals surface area contributed by atoms with E-state index in [-0.39, 0.29) is 18.1 Å². The number of aliphatic hydroxyl groups is 1. The lowest BCUT2D eigenvalue weighted by Gasteiger charge is -2.49. The van der Waals surface area contributed by atoms with Crippen LogP contribution in [0.25, 0.3) is 0 Å². The normalized spacial score (nSPS) is 35.0. The van der Waals surface area contributed by atoms with Crippen molar-refractivity contribution >= 4 is 0 Å². The Morgan fingerprint density at radius 1 is 1.08 bits per heavy atom. The molecular formula is C20H30O5. The summed E-state index contributed by atoms with van der Waals surface area (Å²) in [5.41, 5.74) is 0.156. The summed E-state index contributed by atoms with van der Waals surface area (Å²) in [5.74, 6) is 2.62. The van der Waals surface area contributed by atoms with Crippen LogP contribution in [0.15, 0.2) is 12.1 Å². The van der Waals surface area contributed by atoms with E-state index in [1.54, 1.807) is 21.3 Å². The van der Waals surface area contributed by atoms with Crippen molar-refractivity contribution in [3.05, 3.63) is 17.7 Å². The van der Waals surface area contributed by atoms with E-state index in [4.69, 9.17) is 18.9 Å². The maximum atomic E-state index is 11.1. The van der Waals surface area contributed by atoms with Crippen molar-refractivity contribution in [2.45, 2.75) is 57.3 Å². The third-order valence-electron chi connectivity index (χ3n) is 5.87. The third kappa shape index (κ3) is 3.32. The highest BCUT2D eigenvalue weighted by Gasteiger charge is 2.48. The lowest BCUT2D eigenvalue weighted by Crippen LogP contribution is -2.51. The minimum absolute atomic E-state index is 0.0790. The highest BCUT2D eigenvalue weighted by molar-refractivity contribution is 5.56. The van der Waals surface area contributed by atoms with Gasteiger partial charge in [-0.1, -0.05) is 13.3 Å². The van der Waals surface area contributed by atoms with Crippen LogP contribution in [0.3, 0.4) is 0 Å². The molecular weight excluding hydrogens is 320 g/mol. The lowest BCUT2D eigenvalue weighted by molar-refractivity contribution is -0.198. The van der Waals surface area contributed by atoms with Gasteiger partial charge in [0.25, 0.3) is 0 Å². The van der Waals surface area contributed by atoms with Gasteiger partial charge in [-0.2, -0.15) is 0 Å². The molecule has 140 valence electrons. The van der Waals surface area contributed by atoms with Crippen molar-refractivity contribution in [1.82, 2.24) is 0 Å². The van der Waals surface area contributed by atoms with E-state index >= 15 is 0 Å².